The number of hydrogen-bond donors (Lipinski definition) is 1. The van der Waals surface area contributed by atoms with Gasteiger partial charge in [-0.25, -0.2) is 0 Å². The van der Waals surface area contributed by atoms with Gasteiger partial charge >= 0.3 is 0 Å². The van der Waals surface area contributed by atoms with E-state index in [1.165, 1.54) is 17.2 Å². The molecule has 2 bridgehead atoms. The number of rotatable bonds is 11. The van der Waals surface area contributed by atoms with E-state index in [1.807, 2.05) is 34.6 Å². The van der Waals surface area contributed by atoms with Crippen LogP contribution in [0.2, 0.25) is 0 Å². The van der Waals surface area contributed by atoms with Crippen molar-refractivity contribution in [2.45, 2.75) is 100 Å². The fraction of sp³-hybridized carbons (Fsp3) is 0.645. The molecule has 5 atom stereocenters. The number of carbonyl (C=O) groups excluding carboxylic acids is 3. The SMILES string of the molecule is CCC(C)C(=O)[C@@]12C(=O)[C@@H](C[C@H](CC=C(C)C)[C@@]1(C)CC/C=C(\C)CCC=C(C)C)C(=O)C=C2O. The molecule has 2 aliphatic carbocycles. The van der Waals surface area contributed by atoms with Crippen molar-refractivity contribution in [2.24, 2.45) is 28.6 Å². The van der Waals surface area contributed by atoms with E-state index in [1.54, 1.807) is 0 Å². The molecule has 2 aliphatic rings. The number of aliphatic hydroxyl groups excluding tert-OH is 1. The van der Waals surface area contributed by atoms with Crippen molar-refractivity contribution in [3.63, 3.8) is 0 Å². The van der Waals surface area contributed by atoms with Crippen molar-refractivity contribution >= 4 is 17.3 Å². The van der Waals surface area contributed by atoms with Gasteiger partial charge in [0.1, 0.15) is 5.76 Å². The fourth-order valence-electron chi connectivity index (χ4n) is 6.03. The van der Waals surface area contributed by atoms with Gasteiger partial charge in [-0.1, -0.05) is 55.7 Å². The summed E-state index contributed by atoms with van der Waals surface area (Å²) in [6.45, 7) is 16.2. The van der Waals surface area contributed by atoms with Gasteiger partial charge < -0.3 is 5.11 Å². The molecule has 1 fully saturated rings. The molecule has 0 aromatic heterocycles. The zero-order valence-corrected chi connectivity index (χ0v) is 23.2. The maximum absolute atomic E-state index is 14.0. The van der Waals surface area contributed by atoms with Gasteiger partial charge in [-0.2, -0.15) is 0 Å². The average molecular weight is 483 g/mol. The van der Waals surface area contributed by atoms with Crippen molar-refractivity contribution in [3.8, 4) is 0 Å². The summed E-state index contributed by atoms with van der Waals surface area (Å²) in [6.07, 6.45) is 12.8. The van der Waals surface area contributed by atoms with Crippen LogP contribution in [0.1, 0.15) is 100 Å². The van der Waals surface area contributed by atoms with Gasteiger partial charge in [0.25, 0.3) is 0 Å². The number of ketones is 3. The van der Waals surface area contributed by atoms with E-state index >= 15 is 0 Å². The molecular weight excluding hydrogens is 436 g/mol. The number of aliphatic hydroxyl groups is 1. The van der Waals surface area contributed by atoms with Crippen LogP contribution in [0.15, 0.2) is 46.8 Å². The Morgan fingerprint density at radius 1 is 1.09 bits per heavy atom. The average Bonchev–Trinajstić information content (AvgIpc) is 2.76. The maximum Gasteiger partial charge on any atom is 0.169 e. The lowest BCUT2D eigenvalue weighted by Gasteiger charge is -2.57. The third kappa shape index (κ3) is 5.62. The molecule has 0 radical (unpaired) electrons. The van der Waals surface area contributed by atoms with E-state index in [9.17, 15) is 19.5 Å². The predicted octanol–water partition coefficient (Wildman–Crippen LogP) is 7.65. The Hall–Kier alpha value is -2.23. The minimum absolute atomic E-state index is 0.0627. The van der Waals surface area contributed by atoms with Gasteiger partial charge in [0.2, 0.25) is 0 Å². The van der Waals surface area contributed by atoms with Crippen LogP contribution >= 0.6 is 0 Å². The van der Waals surface area contributed by atoms with E-state index in [4.69, 9.17) is 0 Å². The third-order valence-corrected chi connectivity index (χ3v) is 8.46. The first-order valence-electron chi connectivity index (χ1n) is 13.3. The minimum Gasteiger partial charge on any atom is -0.511 e. The molecule has 4 nitrogen and oxygen atoms in total. The Balaban J connectivity index is 2.58. The standard InChI is InChI=1S/C31H46O4/c1-9-23(7)28(34)31-27(33)19-26(32)25(29(31)35)18-24(16-15-21(4)5)30(31,8)17-11-14-22(6)13-10-12-20(2)3/h12,14-15,19,23-25,33H,9-11,13,16-18H2,1-8H3/b22-14+/t23?,24-,25-,30+,31-/m0/s1. The lowest BCUT2D eigenvalue weighted by molar-refractivity contribution is -0.169. The lowest BCUT2D eigenvalue weighted by Crippen LogP contribution is -2.65. The summed E-state index contributed by atoms with van der Waals surface area (Å²) in [5.74, 6) is -2.60. The molecule has 0 saturated heterocycles. The van der Waals surface area contributed by atoms with Gasteiger partial charge in [0.05, 0.1) is 5.92 Å². The molecule has 0 spiro atoms. The quantitative estimate of drug-likeness (QED) is 0.242. The highest BCUT2D eigenvalue weighted by Gasteiger charge is 2.70. The van der Waals surface area contributed by atoms with Crippen molar-refractivity contribution in [1.82, 2.24) is 0 Å². The van der Waals surface area contributed by atoms with Gasteiger partial charge in [0, 0.05) is 12.0 Å². The number of Topliss-reactive ketones (excluding diaryl/α,β-unsaturated/α-hetero) is 2. The van der Waals surface area contributed by atoms with Crippen LogP contribution in [0.4, 0.5) is 0 Å². The molecule has 194 valence electrons. The number of allylic oxidation sites excluding steroid dienone is 8. The highest BCUT2D eigenvalue weighted by Crippen LogP contribution is 2.62. The molecule has 0 aromatic rings. The Kier molecular flexibility index (Phi) is 9.67. The molecule has 1 N–H and O–H groups in total. The molecule has 1 unspecified atom stereocenters. The van der Waals surface area contributed by atoms with Crippen LogP contribution in [0.5, 0.6) is 0 Å². The van der Waals surface area contributed by atoms with Crippen LogP contribution in [-0.2, 0) is 14.4 Å². The minimum atomic E-state index is -1.65. The second kappa shape index (κ2) is 11.7. The summed E-state index contributed by atoms with van der Waals surface area (Å²) >= 11 is 0. The molecule has 0 amide bonds. The summed E-state index contributed by atoms with van der Waals surface area (Å²) in [4.78, 5) is 40.7. The van der Waals surface area contributed by atoms with Crippen molar-refractivity contribution < 1.29 is 19.5 Å². The first-order chi connectivity index (χ1) is 16.3. The molecule has 2 rings (SSSR count). The topological polar surface area (TPSA) is 71.4 Å². The van der Waals surface area contributed by atoms with E-state index < -0.39 is 16.7 Å². The van der Waals surface area contributed by atoms with Gasteiger partial charge in [-0.3, -0.25) is 14.4 Å². The monoisotopic (exact) mass is 482 g/mol. The van der Waals surface area contributed by atoms with E-state index in [0.717, 1.165) is 24.8 Å². The Morgan fingerprint density at radius 3 is 2.29 bits per heavy atom. The lowest BCUT2D eigenvalue weighted by atomic mass is 9.43. The zero-order valence-electron chi connectivity index (χ0n) is 23.2. The first kappa shape index (κ1) is 29.0. The number of carbonyl (C=O) groups is 3. The molecule has 1 saturated carbocycles. The first-order valence-corrected chi connectivity index (χ1v) is 13.3. The molecular formula is C31H46O4. The summed E-state index contributed by atoms with van der Waals surface area (Å²) in [5, 5.41) is 11.3. The van der Waals surface area contributed by atoms with Crippen molar-refractivity contribution in [2.75, 3.05) is 0 Å². The van der Waals surface area contributed by atoms with E-state index in [0.29, 0.717) is 25.7 Å². The molecule has 4 heteroatoms. The van der Waals surface area contributed by atoms with Gasteiger partial charge in [0.15, 0.2) is 22.8 Å². The Labute approximate surface area is 212 Å². The van der Waals surface area contributed by atoms with Crippen molar-refractivity contribution in [1.29, 1.82) is 0 Å². The molecule has 0 aliphatic heterocycles. The maximum atomic E-state index is 14.0. The summed E-state index contributed by atoms with van der Waals surface area (Å²) in [7, 11) is 0. The van der Waals surface area contributed by atoms with Gasteiger partial charge in [-0.05, 0) is 90.9 Å². The number of fused-ring (bicyclic) bond motifs is 2. The van der Waals surface area contributed by atoms with E-state index in [2.05, 4.69) is 39.0 Å². The predicted molar refractivity (Wildman–Crippen MR) is 143 cm³/mol. The van der Waals surface area contributed by atoms with Crippen LogP contribution < -0.4 is 0 Å². The van der Waals surface area contributed by atoms with E-state index in [-0.39, 0.29) is 34.9 Å². The zero-order chi connectivity index (χ0) is 26.6. The van der Waals surface area contributed by atoms with Crippen LogP contribution in [0.3, 0.4) is 0 Å². The Bertz CT molecular complexity index is 954. The third-order valence-electron chi connectivity index (χ3n) is 8.46. The summed E-state index contributed by atoms with van der Waals surface area (Å²) < 4.78 is 0. The van der Waals surface area contributed by atoms with Crippen LogP contribution in [-0.4, -0.2) is 22.5 Å². The fourth-order valence-corrected chi connectivity index (χ4v) is 6.03. The second-order valence-electron chi connectivity index (χ2n) is 11.5. The largest absolute Gasteiger partial charge is 0.511 e. The van der Waals surface area contributed by atoms with Crippen LogP contribution in [0.25, 0.3) is 0 Å². The van der Waals surface area contributed by atoms with Crippen molar-refractivity contribution in [3.05, 3.63) is 46.8 Å². The normalized spacial score (nSPS) is 29.4. The van der Waals surface area contributed by atoms with Crippen LogP contribution in [0, 0.1) is 28.6 Å². The smallest absolute Gasteiger partial charge is 0.169 e. The summed E-state index contributed by atoms with van der Waals surface area (Å²) in [5.41, 5.74) is 1.32. The summed E-state index contributed by atoms with van der Waals surface area (Å²) in [6, 6.07) is 0. The van der Waals surface area contributed by atoms with Gasteiger partial charge in [-0.15, -0.1) is 0 Å². The number of hydrogen-bond acceptors (Lipinski definition) is 4. The second-order valence-corrected chi connectivity index (χ2v) is 11.5. The highest BCUT2D eigenvalue weighted by atomic mass is 16.3. The molecule has 0 aromatic carbocycles. The highest BCUT2D eigenvalue weighted by molar-refractivity contribution is 6.23. The molecule has 35 heavy (non-hydrogen) atoms. The molecule has 0 heterocycles. The Morgan fingerprint density at radius 2 is 1.71 bits per heavy atom.